The van der Waals surface area contributed by atoms with E-state index in [1.165, 1.54) is 12.1 Å². The van der Waals surface area contributed by atoms with Gasteiger partial charge in [0.2, 0.25) is 11.8 Å². The van der Waals surface area contributed by atoms with Gasteiger partial charge in [-0.3, -0.25) is 10.1 Å². The minimum atomic E-state index is -0.697. The number of carbonyl (C=O) groups is 2. The highest BCUT2D eigenvalue weighted by atomic mass is 19.1. The van der Waals surface area contributed by atoms with Crippen LogP contribution in [-0.2, 0) is 16.0 Å². The number of nitrogens with zero attached hydrogens (tertiary/aromatic N) is 2. The first-order valence-corrected chi connectivity index (χ1v) is 9.45. The highest BCUT2D eigenvalue weighted by Gasteiger charge is 2.18. The van der Waals surface area contributed by atoms with Gasteiger partial charge in [-0.2, -0.15) is 4.98 Å². The average Bonchev–Trinajstić information content (AvgIpc) is 3.05. The summed E-state index contributed by atoms with van der Waals surface area (Å²) in [5.41, 5.74) is -0.286. The minimum Gasteiger partial charge on any atom is -0.444 e. The van der Waals surface area contributed by atoms with Gasteiger partial charge >= 0.3 is 6.09 Å². The molecule has 0 saturated heterocycles. The number of rotatable bonds is 7. The Morgan fingerprint density at radius 2 is 1.93 bits per heavy atom. The summed E-state index contributed by atoms with van der Waals surface area (Å²) in [6.45, 7) is 9.11. The molecule has 2 amide bonds. The Morgan fingerprint density at radius 1 is 1.21 bits per heavy atom. The third-order valence-corrected chi connectivity index (χ3v) is 3.69. The van der Waals surface area contributed by atoms with Gasteiger partial charge in [0.15, 0.2) is 5.82 Å². The van der Waals surface area contributed by atoms with Crippen molar-refractivity contribution in [3.63, 3.8) is 0 Å². The van der Waals surface area contributed by atoms with Crippen LogP contribution in [0.3, 0.4) is 0 Å². The Labute approximate surface area is 169 Å². The predicted octanol–water partition coefficient (Wildman–Crippen LogP) is 4.64. The Kier molecular flexibility index (Phi) is 7.30. The van der Waals surface area contributed by atoms with E-state index in [1.807, 2.05) is 13.8 Å². The number of nitrogens with one attached hydrogen (secondary N) is 2. The average molecular weight is 406 g/mol. The highest BCUT2D eigenvalue weighted by molar-refractivity contribution is 5.97. The largest absolute Gasteiger partial charge is 0.444 e. The number of hydrogen-bond acceptors (Lipinski definition) is 6. The normalized spacial score (nSPS) is 11.4. The minimum absolute atomic E-state index is 0.153. The van der Waals surface area contributed by atoms with Gasteiger partial charge in [-0.05, 0) is 45.4 Å². The topological polar surface area (TPSA) is 106 Å². The standard InChI is InChI=1S/C20H27FN4O4/c1-12(2)18-24-17(29-25-18)8-6-7-16(26)22-15-11-13(21)9-10-14(15)23-19(27)28-20(3,4)5/h9-12H,6-8H2,1-5H3,(H,22,26)(H,23,27). The molecule has 2 aromatic rings. The van der Waals surface area contributed by atoms with Crippen LogP contribution >= 0.6 is 0 Å². The van der Waals surface area contributed by atoms with Gasteiger partial charge in [0.05, 0.1) is 11.4 Å². The molecule has 0 saturated carbocycles. The first kappa shape index (κ1) is 22.3. The van der Waals surface area contributed by atoms with E-state index < -0.39 is 17.5 Å². The maximum atomic E-state index is 13.6. The molecule has 8 nitrogen and oxygen atoms in total. The zero-order chi connectivity index (χ0) is 21.6. The maximum Gasteiger partial charge on any atom is 0.412 e. The number of anilines is 2. The Balaban J connectivity index is 1.92. The zero-order valence-electron chi connectivity index (χ0n) is 17.3. The van der Waals surface area contributed by atoms with Crippen molar-refractivity contribution < 1.29 is 23.2 Å². The Hall–Kier alpha value is -2.97. The van der Waals surface area contributed by atoms with Gasteiger partial charge in [-0.1, -0.05) is 19.0 Å². The second kappa shape index (κ2) is 9.49. The molecule has 0 aliphatic carbocycles. The lowest BCUT2D eigenvalue weighted by Gasteiger charge is -2.20. The molecular formula is C20H27FN4O4. The van der Waals surface area contributed by atoms with Crippen LogP contribution < -0.4 is 10.6 Å². The van der Waals surface area contributed by atoms with Gasteiger partial charge in [-0.15, -0.1) is 0 Å². The van der Waals surface area contributed by atoms with Gasteiger partial charge in [0, 0.05) is 18.8 Å². The van der Waals surface area contributed by atoms with Crippen LogP contribution in [0.15, 0.2) is 22.7 Å². The van der Waals surface area contributed by atoms with Crippen LogP contribution in [0.5, 0.6) is 0 Å². The Bertz CT molecular complexity index is 858. The van der Waals surface area contributed by atoms with E-state index in [2.05, 4.69) is 20.8 Å². The van der Waals surface area contributed by atoms with Crippen LogP contribution in [0.4, 0.5) is 20.6 Å². The lowest BCUT2D eigenvalue weighted by atomic mass is 10.2. The molecule has 0 aliphatic rings. The molecule has 0 atom stereocenters. The lowest BCUT2D eigenvalue weighted by Crippen LogP contribution is -2.27. The van der Waals surface area contributed by atoms with Crippen LogP contribution in [0.2, 0.25) is 0 Å². The second-order valence-corrected chi connectivity index (χ2v) is 7.92. The van der Waals surface area contributed by atoms with Crippen LogP contribution in [0.1, 0.15) is 65.1 Å². The molecule has 0 aliphatic heterocycles. The molecule has 158 valence electrons. The van der Waals surface area contributed by atoms with E-state index in [1.54, 1.807) is 20.8 Å². The van der Waals surface area contributed by atoms with Crippen LogP contribution in [0.25, 0.3) is 0 Å². The SMILES string of the molecule is CC(C)c1noc(CCCC(=O)Nc2cc(F)ccc2NC(=O)OC(C)(C)C)n1. The quantitative estimate of drug-likeness (QED) is 0.694. The van der Waals surface area contributed by atoms with Crippen molar-refractivity contribution in [2.75, 3.05) is 10.6 Å². The molecular weight excluding hydrogens is 379 g/mol. The number of aryl methyl sites for hydroxylation is 1. The number of carbonyl (C=O) groups excluding carboxylic acids is 2. The third-order valence-electron chi connectivity index (χ3n) is 3.69. The van der Waals surface area contributed by atoms with E-state index in [9.17, 15) is 14.0 Å². The number of ether oxygens (including phenoxy) is 1. The summed E-state index contributed by atoms with van der Waals surface area (Å²) >= 11 is 0. The highest BCUT2D eigenvalue weighted by Crippen LogP contribution is 2.24. The number of aromatic nitrogens is 2. The first-order chi connectivity index (χ1) is 13.5. The van der Waals surface area contributed by atoms with Crippen molar-refractivity contribution in [1.82, 2.24) is 10.1 Å². The van der Waals surface area contributed by atoms with Gasteiger partial charge in [0.1, 0.15) is 11.4 Å². The molecule has 0 fully saturated rings. The molecule has 1 aromatic carbocycles. The second-order valence-electron chi connectivity index (χ2n) is 7.92. The van der Waals surface area contributed by atoms with Crippen molar-refractivity contribution in [1.29, 1.82) is 0 Å². The molecule has 0 bridgehead atoms. The fourth-order valence-electron chi connectivity index (χ4n) is 2.36. The van der Waals surface area contributed by atoms with E-state index in [-0.39, 0.29) is 29.6 Å². The number of amides is 2. The number of benzene rings is 1. The molecule has 1 aromatic heterocycles. The monoisotopic (exact) mass is 406 g/mol. The summed E-state index contributed by atoms with van der Waals surface area (Å²) in [7, 11) is 0. The molecule has 1 heterocycles. The van der Waals surface area contributed by atoms with Crippen LogP contribution in [0, 0.1) is 5.82 Å². The fraction of sp³-hybridized carbons (Fsp3) is 0.500. The van der Waals surface area contributed by atoms with Crippen LogP contribution in [-0.4, -0.2) is 27.7 Å². The maximum absolute atomic E-state index is 13.6. The first-order valence-electron chi connectivity index (χ1n) is 9.45. The predicted molar refractivity (Wildman–Crippen MR) is 106 cm³/mol. The van der Waals surface area contributed by atoms with Crippen molar-refractivity contribution in [3.8, 4) is 0 Å². The summed E-state index contributed by atoms with van der Waals surface area (Å²) in [6, 6.07) is 3.68. The summed E-state index contributed by atoms with van der Waals surface area (Å²) < 4.78 is 23.9. The van der Waals surface area contributed by atoms with Gasteiger partial charge in [-0.25, -0.2) is 9.18 Å². The van der Waals surface area contributed by atoms with Crippen molar-refractivity contribution in [2.24, 2.45) is 0 Å². The molecule has 2 rings (SSSR count). The third kappa shape index (κ3) is 7.52. The molecule has 29 heavy (non-hydrogen) atoms. The van der Waals surface area contributed by atoms with E-state index in [0.29, 0.717) is 24.6 Å². The molecule has 9 heteroatoms. The molecule has 0 spiro atoms. The number of halogens is 1. The van der Waals surface area contributed by atoms with Gasteiger partial charge < -0.3 is 14.6 Å². The summed E-state index contributed by atoms with van der Waals surface area (Å²) in [5.74, 6) is 0.398. The van der Waals surface area contributed by atoms with Crippen molar-refractivity contribution in [2.45, 2.75) is 65.4 Å². The van der Waals surface area contributed by atoms with Gasteiger partial charge in [0.25, 0.3) is 0 Å². The van der Waals surface area contributed by atoms with E-state index in [0.717, 1.165) is 6.07 Å². The fourth-order valence-corrected chi connectivity index (χ4v) is 2.36. The number of hydrogen-bond donors (Lipinski definition) is 2. The smallest absolute Gasteiger partial charge is 0.412 e. The van der Waals surface area contributed by atoms with E-state index >= 15 is 0 Å². The zero-order valence-corrected chi connectivity index (χ0v) is 17.3. The van der Waals surface area contributed by atoms with Crippen molar-refractivity contribution >= 4 is 23.4 Å². The summed E-state index contributed by atoms with van der Waals surface area (Å²) in [6.07, 6.45) is 0.411. The molecule has 2 N–H and O–H groups in total. The summed E-state index contributed by atoms with van der Waals surface area (Å²) in [4.78, 5) is 28.5. The molecule has 0 radical (unpaired) electrons. The summed E-state index contributed by atoms with van der Waals surface area (Å²) in [5, 5.41) is 9.01. The van der Waals surface area contributed by atoms with E-state index in [4.69, 9.17) is 9.26 Å². The Morgan fingerprint density at radius 3 is 2.55 bits per heavy atom. The molecule has 0 unspecified atom stereocenters. The lowest BCUT2D eigenvalue weighted by molar-refractivity contribution is -0.116. The van der Waals surface area contributed by atoms with Crippen molar-refractivity contribution in [3.05, 3.63) is 35.7 Å².